The van der Waals surface area contributed by atoms with Gasteiger partial charge in [0.15, 0.2) is 0 Å². The summed E-state index contributed by atoms with van der Waals surface area (Å²) in [6.07, 6.45) is 0. The van der Waals surface area contributed by atoms with Gasteiger partial charge in [-0.2, -0.15) is 5.26 Å². The van der Waals surface area contributed by atoms with Gasteiger partial charge in [-0.1, -0.05) is 34.1 Å². The second-order valence-corrected chi connectivity index (χ2v) is 6.21. The van der Waals surface area contributed by atoms with Crippen LogP contribution in [-0.4, -0.2) is 4.98 Å². The van der Waals surface area contributed by atoms with Crippen LogP contribution in [0.1, 0.15) is 5.56 Å². The number of rotatable bonds is 2. The van der Waals surface area contributed by atoms with Crippen molar-refractivity contribution in [1.82, 2.24) is 4.98 Å². The average molecular weight is 403 g/mol. The highest BCUT2D eigenvalue weighted by atomic mass is 79.9. The molecule has 21 heavy (non-hydrogen) atoms. The van der Waals surface area contributed by atoms with E-state index in [1.54, 1.807) is 0 Å². The minimum Gasteiger partial charge on any atom is -0.338 e. The number of aromatic nitrogens is 1. The van der Waals surface area contributed by atoms with Crippen LogP contribution in [0.2, 0.25) is 0 Å². The van der Waals surface area contributed by atoms with Crippen LogP contribution in [0, 0.1) is 11.3 Å². The number of hydrogen-bond acceptors (Lipinski definition) is 3. The number of nitrogens with zero attached hydrogens (tertiary/aromatic N) is 2. The summed E-state index contributed by atoms with van der Waals surface area (Å²) in [6.45, 7) is 0. The number of fused-ring (bicyclic) bond motifs is 1. The van der Waals surface area contributed by atoms with Gasteiger partial charge in [-0.05, 0) is 46.3 Å². The molecule has 0 amide bonds. The zero-order valence-electron chi connectivity index (χ0n) is 10.8. The zero-order valence-corrected chi connectivity index (χ0v) is 13.9. The number of pyridine rings is 1. The van der Waals surface area contributed by atoms with Crippen molar-refractivity contribution in [3.63, 3.8) is 0 Å². The monoisotopic (exact) mass is 401 g/mol. The largest absolute Gasteiger partial charge is 0.338 e. The van der Waals surface area contributed by atoms with Crippen molar-refractivity contribution in [3.05, 3.63) is 63.0 Å². The van der Waals surface area contributed by atoms with Crippen molar-refractivity contribution in [3.8, 4) is 6.07 Å². The van der Waals surface area contributed by atoms with Gasteiger partial charge in [-0.15, -0.1) is 0 Å². The maximum absolute atomic E-state index is 9.32. The van der Waals surface area contributed by atoms with E-state index in [9.17, 15) is 5.26 Å². The normalized spacial score (nSPS) is 10.3. The quantitative estimate of drug-likeness (QED) is 0.626. The fraction of sp³-hybridized carbons (Fsp3) is 0. The van der Waals surface area contributed by atoms with Crippen molar-refractivity contribution in [1.29, 1.82) is 5.26 Å². The van der Waals surface area contributed by atoms with Gasteiger partial charge in [0.2, 0.25) is 0 Å². The third-order valence-electron chi connectivity index (χ3n) is 3.03. The van der Waals surface area contributed by atoms with Crippen LogP contribution in [-0.2, 0) is 0 Å². The summed E-state index contributed by atoms with van der Waals surface area (Å²) in [7, 11) is 0. The second kappa shape index (κ2) is 5.84. The number of para-hydroxylation sites is 1. The lowest BCUT2D eigenvalue weighted by Crippen LogP contribution is -1.98. The standard InChI is InChI=1S/C16H9Br2N3/c17-12-5-6-15(13(18)8-12)21-16-11(9-19)7-10-3-1-2-4-14(10)20-16/h1-8H,(H,20,21). The van der Waals surface area contributed by atoms with Crippen molar-refractivity contribution < 1.29 is 0 Å². The molecular weight excluding hydrogens is 394 g/mol. The molecule has 0 aliphatic carbocycles. The molecule has 1 N–H and O–H groups in total. The molecule has 0 aliphatic rings. The molecule has 0 bridgehead atoms. The first kappa shape index (κ1) is 14.1. The first-order valence-corrected chi connectivity index (χ1v) is 7.78. The van der Waals surface area contributed by atoms with E-state index in [1.807, 2.05) is 48.5 Å². The second-order valence-electron chi connectivity index (χ2n) is 4.44. The third kappa shape index (κ3) is 2.92. The van der Waals surface area contributed by atoms with Crippen LogP contribution in [0.3, 0.4) is 0 Å². The molecule has 1 heterocycles. The zero-order chi connectivity index (χ0) is 14.8. The van der Waals surface area contributed by atoms with Gasteiger partial charge in [0.05, 0.1) is 16.8 Å². The SMILES string of the molecule is N#Cc1cc2ccccc2nc1Nc1ccc(Br)cc1Br. The van der Waals surface area contributed by atoms with E-state index >= 15 is 0 Å². The Morgan fingerprint density at radius 3 is 2.62 bits per heavy atom. The van der Waals surface area contributed by atoms with Crippen molar-refractivity contribution >= 4 is 54.3 Å². The maximum atomic E-state index is 9.32. The van der Waals surface area contributed by atoms with Gasteiger partial charge in [0, 0.05) is 14.3 Å². The Kier molecular flexibility index (Phi) is 3.91. The Balaban J connectivity index is 2.09. The van der Waals surface area contributed by atoms with Gasteiger partial charge in [-0.25, -0.2) is 4.98 Å². The van der Waals surface area contributed by atoms with Crippen molar-refractivity contribution in [2.45, 2.75) is 0 Å². The van der Waals surface area contributed by atoms with E-state index in [2.05, 4.69) is 48.2 Å². The molecule has 0 saturated carbocycles. The number of benzene rings is 2. The van der Waals surface area contributed by atoms with Gasteiger partial charge in [0.1, 0.15) is 11.9 Å². The van der Waals surface area contributed by atoms with Crippen LogP contribution in [0.25, 0.3) is 10.9 Å². The molecule has 0 atom stereocenters. The van der Waals surface area contributed by atoms with Crippen molar-refractivity contribution in [2.24, 2.45) is 0 Å². The van der Waals surface area contributed by atoms with Crippen LogP contribution in [0.15, 0.2) is 57.5 Å². The number of hydrogen-bond donors (Lipinski definition) is 1. The summed E-state index contributed by atoms with van der Waals surface area (Å²) in [5.41, 5.74) is 2.23. The Morgan fingerprint density at radius 2 is 1.86 bits per heavy atom. The highest BCUT2D eigenvalue weighted by molar-refractivity contribution is 9.11. The summed E-state index contributed by atoms with van der Waals surface area (Å²) in [4.78, 5) is 4.54. The highest BCUT2D eigenvalue weighted by Crippen LogP contribution is 2.30. The van der Waals surface area contributed by atoms with E-state index in [0.717, 1.165) is 25.5 Å². The molecule has 1 aromatic heterocycles. The van der Waals surface area contributed by atoms with Gasteiger partial charge in [0.25, 0.3) is 0 Å². The molecule has 0 unspecified atom stereocenters. The average Bonchev–Trinajstić information content (AvgIpc) is 2.49. The molecule has 0 aliphatic heterocycles. The lowest BCUT2D eigenvalue weighted by molar-refractivity contribution is 1.34. The number of halogens is 2. The fourth-order valence-electron chi connectivity index (χ4n) is 2.01. The van der Waals surface area contributed by atoms with Crippen LogP contribution in [0.5, 0.6) is 0 Å². The summed E-state index contributed by atoms with van der Waals surface area (Å²) < 4.78 is 1.88. The Bertz CT molecular complexity index is 869. The molecule has 5 heteroatoms. The molecule has 0 saturated heterocycles. The molecule has 3 nitrogen and oxygen atoms in total. The van der Waals surface area contributed by atoms with E-state index in [0.29, 0.717) is 11.4 Å². The third-order valence-corrected chi connectivity index (χ3v) is 4.18. The maximum Gasteiger partial charge on any atom is 0.149 e. The highest BCUT2D eigenvalue weighted by Gasteiger charge is 2.08. The topological polar surface area (TPSA) is 48.7 Å². The smallest absolute Gasteiger partial charge is 0.149 e. The van der Waals surface area contributed by atoms with Crippen LogP contribution < -0.4 is 5.32 Å². The molecular formula is C16H9Br2N3. The molecule has 0 fully saturated rings. The van der Waals surface area contributed by atoms with E-state index in [-0.39, 0.29) is 0 Å². The minimum atomic E-state index is 0.517. The molecule has 0 radical (unpaired) electrons. The first-order chi connectivity index (χ1) is 10.2. The predicted molar refractivity (Wildman–Crippen MR) is 91.6 cm³/mol. The first-order valence-electron chi connectivity index (χ1n) is 6.19. The van der Waals surface area contributed by atoms with E-state index in [4.69, 9.17) is 0 Å². The Hall–Kier alpha value is -1.90. The molecule has 0 spiro atoms. The number of anilines is 2. The lowest BCUT2D eigenvalue weighted by atomic mass is 10.1. The molecule has 2 aromatic carbocycles. The summed E-state index contributed by atoms with van der Waals surface area (Å²) in [5.74, 6) is 0.555. The van der Waals surface area contributed by atoms with Gasteiger partial charge >= 0.3 is 0 Å². The van der Waals surface area contributed by atoms with E-state index < -0.39 is 0 Å². The molecule has 3 aromatic rings. The molecule has 102 valence electrons. The lowest BCUT2D eigenvalue weighted by Gasteiger charge is -2.10. The number of nitrogens with one attached hydrogen (secondary N) is 1. The van der Waals surface area contributed by atoms with Gasteiger partial charge < -0.3 is 5.32 Å². The van der Waals surface area contributed by atoms with Crippen molar-refractivity contribution in [2.75, 3.05) is 5.32 Å². The number of nitriles is 1. The summed E-state index contributed by atoms with van der Waals surface area (Å²) >= 11 is 6.91. The Morgan fingerprint density at radius 1 is 1.05 bits per heavy atom. The van der Waals surface area contributed by atoms with Crippen LogP contribution in [0.4, 0.5) is 11.5 Å². The summed E-state index contributed by atoms with van der Waals surface area (Å²) in [5, 5.41) is 13.5. The van der Waals surface area contributed by atoms with Gasteiger partial charge in [-0.3, -0.25) is 0 Å². The minimum absolute atomic E-state index is 0.517. The predicted octanol–water partition coefficient (Wildman–Crippen LogP) is 5.38. The van der Waals surface area contributed by atoms with Crippen LogP contribution >= 0.6 is 31.9 Å². The summed E-state index contributed by atoms with van der Waals surface area (Å²) in [6, 6.07) is 17.6. The fourth-order valence-corrected chi connectivity index (χ4v) is 3.16. The molecule has 3 rings (SSSR count). The Labute approximate surface area is 138 Å². The van der Waals surface area contributed by atoms with E-state index in [1.165, 1.54) is 0 Å².